The van der Waals surface area contributed by atoms with Gasteiger partial charge in [0.05, 0.1) is 19.8 Å². The fourth-order valence-electron chi connectivity index (χ4n) is 1.21. The second-order valence-electron chi connectivity index (χ2n) is 3.34. The van der Waals surface area contributed by atoms with Crippen LogP contribution in [-0.4, -0.2) is 31.4 Å². The normalized spacial score (nSPS) is 11.8. The van der Waals surface area contributed by atoms with E-state index in [1.165, 1.54) is 12.1 Å². The lowest BCUT2D eigenvalue weighted by Gasteiger charge is -2.06. The smallest absolute Gasteiger partial charge is 0.170 e. The summed E-state index contributed by atoms with van der Waals surface area (Å²) in [5, 5.41) is 11.2. The van der Waals surface area contributed by atoms with E-state index in [0.717, 1.165) is 0 Å². The lowest BCUT2D eigenvalue weighted by Crippen LogP contribution is -2.13. The quantitative estimate of drug-likeness (QED) is 0.257. The summed E-state index contributed by atoms with van der Waals surface area (Å²) in [5.74, 6) is -0.581. The van der Waals surface area contributed by atoms with Crippen LogP contribution in [0, 0.1) is 5.82 Å². The number of oxime groups is 1. The third-order valence-corrected chi connectivity index (χ3v) is 2.15. The minimum Gasteiger partial charge on any atom is -0.409 e. The molecule has 0 saturated carbocycles. The van der Waals surface area contributed by atoms with Crippen molar-refractivity contribution in [3.8, 4) is 0 Å². The highest BCUT2D eigenvalue weighted by molar-refractivity contribution is 5.97. The van der Waals surface area contributed by atoms with Gasteiger partial charge in [0.25, 0.3) is 0 Å². The summed E-state index contributed by atoms with van der Waals surface area (Å²) < 4.78 is 23.5. The zero-order valence-corrected chi connectivity index (χ0v) is 9.52. The molecule has 0 saturated heterocycles. The monoisotopic (exact) mass is 242 g/mol. The molecule has 94 valence electrons. The van der Waals surface area contributed by atoms with E-state index in [0.29, 0.717) is 24.3 Å². The molecule has 5 nitrogen and oxygen atoms in total. The van der Waals surface area contributed by atoms with Gasteiger partial charge in [0, 0.05) is 18.2 Å². The van der Waals surface area contributed by atoms with Crippen molar-refractivity contribution in [2.24, 2.45) is 10.9 Å². The van der Waals surface area contributed by atoms with Crippen molar-refractivity contribution >= 4 is 5.84 Å². The van der Waals surface area contributed by atoms with Gasteiger partial charge in [-0.05, 0) is 6.07 Å². The molecule has 0 fully saturated rings. The van der Waals surface area contributed by atoms with Crippen molar-refractivity contribution in [3.05, 3.63) is 35.1 Å². The van der Waals surface area contributed by atoms with E-state index >= 15 is 0 Å². The van der Waals surface area contributed by atoms with Gasteiger partial charge < -0.3 is 20.4 Å². The third kappa shape index (κ3) is 4.01. The number of amidine groups is 1. The summed E-state index contributed by atoms with van der Waals surface area (Å²) in [6, 6.07) is 4.30. The van der Waals surface area contributed by atoms with Crippen molar-refractivity contribution in [3.63, 3.8) is 0 Å². The molecular weight excluding hydrogens is 227 g/mol. The van der Waals surface area contributed by atoms with E-state index in [9.17, 15) is 4.39 Å². The van der Waals surface area contributed by atoms with Crippen molar-refractivity contribution in [1.29, 1.82) is 0 Å². The fraction of sp³-hybridized carbons (Fsp3) is 0.364. The highest BCUT2D eigenvalue weighted by Crippen LogP contribution is 2.11. The van der Waals surface area contributed by atoms with E-state index in [2.05, 4.69) is 5.16 Å². The Hall–Kier alpha value is -1.66. The lowest BCUT2D eigenvalue weighted by molar-refractivity contribution is 0.0604. The number of hydrogen-bond donors (Lipinski definition) is 2. The molecule has 0 aliphatic heterocycles. The molecule has 0 unspecified atom stereocenters. The molecule has 0 amide bonds. The second kappa shape index (κ2) is 6.82. The highest BCUT2D eigenvalue weighted by Gasteiger charge is 2.06. The Morgan fingerprint density at radius 3 is 2.82 bits per heavy atom. The first-order valence-corrected chi connectivity index (χ1v) is 5.02. The topological polar surface area (TPSA) is 77.1 Å². The van der Waals surface area contributed by atoms with Crippen LogP contribution in [0.5, 0.6) is 0 Å². The van der Waals surface area contributed by atoms with Gasteiger partial charge in [0.15, 0.2) is 5.84 Å². The Balaban J connectivity index is 2.63. The van der Waals surface area contributed by atoms with Crippen LogP contribution in [0.25, 0.3) is 0 Å². The SMILES string of the molecule is COCCOCc1ccc(/C(N)=N/O)cc1F. The van der Waals surface area contributed by atoms with Crippen molar-refractivity contribution in [1.82, 2.24) is 0 Å². The van der Waals surface area contributed by atoms with Crippen molar-refractivity contribution in [2.45, 2.75) is 6.61 Å². The largest absolute Gasteiger partial charge is 0.409 e. The molecule has 0 aliphatic carbocycles. The van der Waals surface area contributed by atoms with Gasteiger partial charge >= 0.3 is 0 Å². The van der Waals surface area contributed by atoms with E-state index in [1.54, 1.807) is 13.2 Å². The van der Waals surface area contributed by atoms with Gasteiger partial charge in [-0.3, -0.25) is 0 Å². The Labute approximate surface area is 98.6 Å². The average Bonchev–Trinajstić information content (AvgIpc) is 2.35. The molecule has 0 radical (unpaired) electrons. The Morgan fingerprint density at radius 2 is 2.24 bits per heavy atom. The molecule has 0 bridgehead atoms. The second-order valence-corrected chi connectivity index (χ2v) is 3.34. The predicted octanol–water partition coefficient (Wildman–Crippen LogP) is 1.08. The zero-order valence-electron chi connectivity index (χ0n) is 9.52. The van der Waals surface area contributed by atoms with Crippen LogP contribution in [0.2, 0.25) is 0 Å². The first-order valence-electron chi connectivity index (χ1n) is 5.02. The Kier molecular flexibility index (Phi) is 5.38. The molecule has 1 aromatic rings. The van der Waals surface area contributed by atoms with Gasteiger partial charge in [-0.2, -0.15) is 0 Å². The fourth-order valence-corrected chi connectivity index (χ4v) is 1.21. The Bertz CT molecular complexity index is 396. The minimum atomic E-state index is -0.452. The first-order chi connectivity index (χ1) is 8.19. The predicted molar refractivity (Wildman–Crippen MR) is 60.4 cm³/mol. The van der Waals surface area contributed by atoms with Crippen LogP contribution < -0.4 is 5.73 Å². The van der Waals surface area contributed by atoms with Crippen LogP contribution in [0.1, 0.15) is 11.1 Å². The Morgan fingerprint density at radius 1 is 1.47 bits per heavy atom. The van der Waals surface area contributed by atoms with E-state index in [1.807, 2.05) is 0 Å². The minimum absolute atomic E-state index is 0.129. The number of ether oxygens (including phenoxy) is 2. The first kappa shape index (κ1) is 13.4. The van der Waals surface area contributed by atoms with Gasteiger partial charge in [-0.25, -0.2) is 4.39 Å². The van der Waals surface area contributed by atoms with Gasteiger partial charge in [-0.1, -0.05) is 17.3 Å². The van der Waals surface area contributed by atoms with E-state index in [-0.39, 0.29) is 12.4 Å². The molecule has 1 aromatic carbocycles. The number of nitrogens with two attached hydrogens (primary N) is 1. The summed E-state index contributed by atoms with van der Waals surface area (Å²) in [4.78, 5) is 0. The van der Waals surface area contributed by atoms with Crippen LogP contribution in [0.4, 0.5) is 4.39 Å². The van der Waals surface area contributed by atoms with Gasteiger partial charge in [-0.15, -0.1) is 0 Å². The number of benzene rings is 1. The molecule has 6 heteroatoms. The molecule has 1 rings (SSSR count). The molecular formula is C11H15FN2O3. The summed E-state index contributed by atoms with van der Waals surface area (Å²) in [6.45, 7) is 1.02. The number of nitrogens with zero attached hydrogens (tertiary/aromatic N) is 1. The highest BCUT2D eigenvalue weighted by atomic mass is 19.1. The summed E-state index contributed by atoms with van der Waals surface area (Å²) in [7, 11) is 1.57. The average molecular weight is 242 g/mol. The summed E-state index contributed by atoms with van der Waals surface area (Å²) >= 11 is 0. The van der Waals surface area contributed by atoms with Crippen molar-refractivity contribution < 1.29 is 19.1 Å². The van der Waals surface area contributed by atoms with Gasteiger partial charge in [0.2, 0.25) is 0 Å². The molecule has 0 heterocycles. The van der Waals surface area contributed by atoms with Crippen LogP contribution in [0.15, 0.2) is 23.4 Å². The molecule has 3 N–H and O–H groups in total. The van der Waals surface area contributed by atoms with Crippen LogP contribution in [0.3, 0.4) is 0 Å². The molecule has 0 aromatic heterocycles. The van der Waals surface area contributed by atoms with Crippen LogP contribution in [-0.2, 0) is 16.1 Å². The number of hydrogen-bond acceptors (Lipinski definition) is 4. The van der Waals surface area contributed by atoms with Crippen molar-refractivity contribution in [2.75, 3.05) is 20.3 Å². The third-order valence-electron chi connectivity index (χ3n) is 2.15. The summed E-state index contributed by atoms with van der Waals surface area (Å²) in [6.07, 6.45) is 0. The molecule has 0 atom stereocenters. The maximum absolute atomic E-state index is 13.6. The standard InChI is InChI=1S/C11H15FN2O3/c1-16-4-5-17-7-9-3-2-8(6-10(9)12)11(13)14-15/h2-3,6,15H,4-5,7H2,1H3,(H2,13,14). The maximum atomic E-state index is 13.6. The number of methoxy groups -OCH3 is 1. The maximum Gasteiger partial charge on any atom is 0.170 e. The summed E-state index contributed by atoms with van der Waals surface area (Å²) in [5.41, 5.74) is 6.08. The van der Waals surface area contributed by atoms with E-state index in [4.69, 9.17) is 20.4 Å². The molecule has 17 heavy (non-hydrogen) atoms. The molecule has 0 aliphatic rings. The number of halogens is 1. The molecule has 0 spiro atoms. The zero-order chi connectivity index (χ0) is 12.7. The van der Waals surface area contributed by atoms with Crippen LogP contribution >= 0.6 is 0 Å². The lowest BCUT2D eigenvalue weighted by atomic mass is 10.1. The number of rotatable bonds is 6. The van der Waals surface area contributed by atoms with E-state index < -0.39 is 5.82 Å². The van der Waals surface area contributed by atoms with Gasteiger partial charge in [0.1, 0.15) is 5.82 Å².